The maximum absolute atomic E-state index is 12.7. The standard InChI is InChI=1S/C17H17FN2OS/c1-13-4-2-3-5-15(13)11-22-12-17(21)20-19-10-14-6-8-16(18)9-7-14/h2-10H,11-12H2,1H3,(H,20,21)/b19-10+. The maximum atomic E-state index is 12.7. The van der Waals surface area contributed by atoms with Crippen LogP contribution in [0.1, 0.15) is 16.7 Å². The summed E-state index contributed by atoms with van der Waals surface area (Å²) in [5, 5.41) is 3.85. The van der Waals surface area contributed by atoms with Crippen LogP contribution in [0.3, 0.4) is 0 Å². The van der Waals surface area contributed by atoms with Crippen molar-refractivity contribution in [1.29, 1.82) is 0 Å². The molecule has 0 heterocycles. The molecule has 5 heteroatoms. The van der Waals surface area contributed by atoms with E-state index in [1.165, 1.54) is 29.5 Å². The lowest BCUT2D eigenvalue weighted by Crippen LogP contribution is -2.19. The van der Waals surface area contributed by atoms with E-state index in [4.69, 9.17) is 0 Å². The van der Waals surface area contributed by atoms with Crippen molar-refractivity contribution in [2.24, 2.45) is 5.10 Å². The van der Waals surface area contributed by atoms with Crippen LogP contribution in [0, 0.1) is 12.7 Å². The Kier molecular flexibility index (Phi) is 6.15. The zero-order valence-corrected chi connectivity index (χ0v) is 13.1. The largest absolute Gasteiger partial charge is 0.272 e. The highest BCUT2D eigenvalue weighted by Crippen LogP contribution is 2.15. The highest BCUT2D eigenvalue weighted by Gasteiger charge is 2.02. The fourth-order valence-electron chi connectivity index (χ4n) is 1.79. The highest BCUT2D eigenvalue weighted by molar-refractivity contribution is 7.99. The Morgan fingerprint density at radius 3 is 2.68 bits per heavy atom. The van der Waals surface area contributed by atoms with Crippen molar-refractivity contribution in [2.45, 2.75) is 12.7 Å². The Hall–Kier alpha value is -2.14. The van der Waals surface area contributed by atoms with E-state index in [0.717, 1.165) is 11.3 Å². The second kappa shape index (κ2) is 8.34. The number of hydrogen-bond acceptors (Lipinski definition) is 3. The Morgan fingerprint density at radius 2 is 1.95 bits per heavy atom. The van der Waals surface area contributed by atoms with E-state index in [1.807, 2.05) is 12.1 Å². The topological polar surface area (TPSA) is 41.5 Å². The summed E-state index contributed by atoms with van der Waals surface area (Å²) < 4.78 is 12.7. The third kappa shape index (κ3) is 5.33. The van der Waals surface area contributed by atoms with E-state index in [0.29, 0.717) is 5.75 Å². The monoisotopic (exact) mass is 316 g/mol. The third-order valence-corrected chi connectivity index (χ3v) is 4.01. The van der Waals surface area contributed by atoms with Crippen LogP contribution in [0.25, 0.3) is 0 Å². The van der Waals surface area contributed by atoms with Gasteiger partial charge < -0.3 is 0 Å². The number of amides is 1. The van der Waals surface area contributed by atoms with Gasteiger partial charge in [0, 0.05) is 5.75 Å². The number of carbonyl (C=O) groups is 1. The van der Waals surface area contributed by atoms with Gasteiger partial charge in [-0.2, -0.15) is 5.10 Å². The molecule has 0 spiro atoms. The van der Waals surface area contributed by atoms with Gasteiger partial charge in [0.05, 0.1) is 12.0 Å². The Labute approximate surface area is 133 Å². The number of hydrazone groups is 1. The van der Waals surface area contributed by atoms with Crippen LogP contribution >= 0.6 is 11.8 Å². The SMILES string of the molecule is Cc1ccccc1CSCC(=O)N/N=C/c1ccc(F)cc1. The van der Waals surface area contributed by atoms with Gasteiger partial charge in [-0.05, 0) is 35.7 Å². The van der Waals surface area contributed by atoms with Crippen molar-refractivity contribution in [3.63, 3.8) is 0 Å². The molecule has 1 N–H and O–H groups in total. The minimum absolute atomic E-state index is 0.156. The van der Waals surface area contributed by atoms with E-state index in [9.17, 15) is 9.18 Å². The molecule has 0 radical (unpaired) electrons. The number of nitrogens with one attached hydrogen (secondary N) is 1. The van der Waals surface area contributed by atoms with Gasteiger partial charge in [-0.1, -0.05) is 36.4 Å². The highest BCUT2D eigenvalue weighted by atomic mass is 32.2. The third-order valence-electron chi connectivity index (χ3n) is 3.02. The molecule has 0 aliphatic heterocycles. The number of benzene rings is 2. The van der Waals surface area contributed by atoms with Crippen molar-refractivity contribution in [1.82, 2.24) is 5.43 Å². The fraction of sp³-hybridized carbons (Fsp3) is 0.176. The molecule has 0 unspecified atom stereocenters. The van der Waals surface area contributed by atoms with Gasteiger partial charge in [0.2, 0.25) is 5.91 Å². The molecule has 2 aromatic carbocycles. The van der Waals surface area contributed by atoms with Crippen molar-refractivity contribution in [2.75, 3.05) is 5.75 Å². The average Bonchev–Trinajstić information content (AvgIpc) is 2.51. The molecule has 114 valence electrons. The molecule has 2 rings (SSSR count). The molecule has 0 aliphatic carbocycles. The van der Waals surface area contributed by atoms with Crippen LogP contribution in [-0.4, -0.2) is 17.9 Å². The van der Waals surface area contributed by atoms with E-state index in [2.05, 4.69) is 29.6 Å². The van der Waals surface area contributed by atoms with Crippen molar-refractivity contribution < 1.29 is 9.18 Å². The number of thioether (sulfide) groups is 1. The zero-order valence-electron chi connectivity index (χ0n) is 12.3. The van der Waals surface area contributed by atoms with Crippen LogP contribution in [0.5, 0.6) is 0 Å². The van der Waals surface area contributed by atoms with Gasteiger partial charge in [0.15, 0.2) is 0 Å². The lowest BCUT2D eigenvalue weighted by molar-refractivity contribution is -0.118. The minimum atomic E-state index is -0.297. The average molecular weight is 316 g/mol. The van der Waals surface area contributed by atoms with Crippen molar-refractivity contribution in [3.8, 4) is 0 Å². The van der Waals surface area contributed by atoms with Gasteiger partial charge >= 0.3 is 0 Å². The number of aryl methyl sites for hydroxylation is 1. The number of carbonyl (C=O) groups excluding carboxylic acids is 1. The first kappa shape index (κ1) is 16.2. The minimum Gasteiger partial charge on any atom is -0.272 e. The van der Waals surface area contributed by atoms with Gasteiger partial charge in [0.1, 0.15) is 5.82 Å². The summed E-state index contributed by atoms with van der Waals surface area (Å²) in [4.78, 5) is 11.7. The first-order valence-corrected chi connectivity index (χ1v) is 8.00. The molecule has 1 amide bonds. The Morgan fingerprint density at radius 1 is 1.23 bits per heavy atom. The van der Waals surface area contributed by atoms with Crippen LogP contribution in [0.2, 0.25) is 0 Å². The molecule has 22 heavy (non-hydrogen) atoms. The summed E-state index contributed by atoms with van der Waals surface area (Å²) >= 11 is 1.54. The van der Waals surface area contributed by atoms with Gasteiger partial charge in [-0.25, -0.2) is 9.82 Å². The first-order chi connectivity index (χ1) is 10.6. The summed E-state index contributed by atoms with van der Waals surface area (Å²) in [6.07, 6.45) is 1.49. The van der Waals surface area contributed by atoms with Crippen LogP contribution in [0.4, 0.5) is 4.39 Å². The molecule has 0 atom stereocenters. The van der Waals surface area contributed by atoms with E-state index in [1.54, 1.807) is 23.9 Å². The van der Waals surface area contributed by atoms with Gasteiger partial charge in [-0.3, -0.25) is 4.79 Å². The van der Waals surface area contributed by atoms with Crippen molar-refractivity contribution >= 4 is 23.9 Å². The molecular formula is C17H17FN2OS. The van der Waals surface area contributed by atoms with Gasteiger partial charge in [-0.15, -0.1) is 11.8 Å². The second-order valence-electron chi connectivity index (χ2n) is 4.76. The number of nitrogens with zero attached hydrogens (tertiary/aromatic N) is 1. The summed E-state index contributed by atoms with van der Waals surface area (Å²) in [6.45, 7) is 2.06. The molecule has 0 aliphatic rings. The fourth-order valence-corrected chi connectivity index (χ4v) is 2.68. The predicted molar refractivity (Wildman–Crippen MR) is 89.5 cm³/mol. The van der Waals surface area contributed by atoms with Crippen molar-refractivity contribution in [3.05, 3.63) is 71.0 Å². The molecule has 0 saturated heterocycles. The van der Waals surface area contributed by atoms with E-state index < -0.39 is 0 Å². The van der Waals surface area contributed by atoms with E-state index >= 15 is 0 Å². The summed E-state index contributed by atoms with van der Waals surface area (Å²) in [6, 6.07) is 14.0. The summed E-state index contributed by atoms with van der Waals surface area (Å²) in [5.74, 6) is 0.683. The normalized spacial score (nSPS) is 10.8. The second-order valence-corrected chi connectivity index (χ2v) is 5.75. The molecule has 0 saturated carbocycles. The summed E-state index contributed by atoms with van der Waals surface area (Å²) in [7, 11) is 0. The van der Waals surface area contributed by atoms with Gasteiger partial charge in [0.25, 0.3) is 0 Å². The molecule has 0 aromatic heterocycles. The maximum Gasteiger partial charge on any atom is 0.250 e. The lowest BCUT2D eigenvalue weighted by atomic mass is 10.1. The Balaban J connectivity index is 1.72. The molecule has 0 bridgehead atoms. The lowest BCUT2D eigenvalue weighted by Gasteiger charge is -2.04. The van der Waals surface area contributed by atoms with Crippen LogP contribution in [-0.2, 0) is 10.5 Å². The number of hydrogen-bond donors (Lipinski definition) is 1. The molecule has 2 aromatic rings. The quantitative estimate of drug-likeness (QED) is 0.654. The zero-order chi connectivity index (χ0) is 15.8. The molecular weight excluding hydrogens is 299 g/mol. The van der Waals surface area contributed by atoms with Crippen LogP contribution in [0.15, 0.2) is 53.6 Å². The number of rotatable bonds is 6. The molecule has 3 nitrogen and oxygen atoms in total. The van der Waals surface area contributed by atoms with Crippen LogP contribution < -0.4 is 5.43 Å². The predicted octanol–water partition coefficient (Wildman–Crippen LogP) is 3.52. The Bertz CT molecular complexity index is 656. The smallest absolute Gasteiger partial charge is 0.250 e. The van der Waals surface area contributed by atoms with E-state index in [-0.39, 0.29) is 11.7 Å². The first-order valence-electron chi connectivity index (χ1n) is 6.85. The summed E-state index contributed by atoms with van der Waals surface area (Å²) in [5.41, 5.74) is 5.65. The number of halogens is 1. The molecule has 0 fully saturated rings.